The normalized spacial score (nSPS) is 26.7. The van der Waals surface area contributed by atoms with Crippen LogP contribution in [0, 0.1) is 0 Å². The average Bonchev–Trinajstić information content (AvgIpc) is 3.47. The van der Waals surface area contributed by atoms with E-state index < -0.39 is 5.41 Å². The van der Waals surface area contributed by atoms with Gasteiger partial charge in [0.15, 0.2) is 5.65 Å². The van der Waals surface area contributed by atoms with Crippen LogP contribution in [0.15, 0.2) is 42.7 Å². The molecule has 7 rings (SSSR count). The second-order valence-electron chi connectivity index (χ2n) is 11.2. The second kappa shape index (κ2) is 8.28. The molecule has 1 N–H and O–H groups in total. The van der Waals surface area contributed by atoms with Gasteiger partial charge >= 0.3 is 0 Å². The summed E-state index contributed by atoms with van der Waals surface area (Å²) >= 11 is 0. The summed E-state index contributed by atoms with van der Waals surface area (Å²) in [5, 5.41) is 7.80. The Morgan fingerprint density at radius 2 is 1.95 bits per heavy atom. The van der Waals surface area contributed by atoms with Crippen LogP contribution in [0.25, 0.3) is 11.0 Å². The number of para-hydroxylation sites is 1. The molecular formula is C28H32N6O3. The summed E-state index contributed by atoms with van der Waals surface area (Å²) in [7, 11) is 2.16. The SMILES string of the molecule is CN1CCN(C(=O)CN2C(=O)C3(CCC(Oc4cnc5[nH]ncc5c4)CC3)c3ccccc32)CC12CC2. The Morgan fingerprint density at radius 3 is 2.76 bits per heavy atom. The molecule has 2 amide bonds. The van der Waals surface area contributed by atoms with E-state index in [0.29, 0.717) is 12.8 Å². The number of likely N-dealkylation sites (N-methyl/N-ethyl adjacent to an activating group) is 1. The number of piperazine rings is 1. The number of ether oxygens (including phenoxy) is 1. The maximum Gasteiger partial charge on any atom is 0.242 e. The highest BCUT2D eigenvalue weighted by molar-refractivity contribution is 6.10. The fourth-order valence-corrected chi connectivity index (χ4v) is 6.71. The molecule has 2 spiro atoms. The number of carbonyl (C=O) groups is 2. The Kier molecular flexibility index (Phi) is 5.08. The number of nitrogens with zero attached hydrogens (tertiary/aromatic N) is 5. The van der Waals surface area contributed by atoms with Crippen LogP contribution in [0.1, 0.15) is 44.1 Å². The molecule has 3 aromatic rings. The molecule has 4 heterocycles. The number of H-pyrrole nitrogens is 1. The smallest absolute Gasteiger partial charge is 0.242 e. The molecule has 192 valence electrons. The molecule has 1 saturated heterocycles. The Morgan fingerprint density at radius 1 is 1.14 bits per heavy atom. The molecule has 0 radical (unpaired) electrons. The molecule has 37 heavy (non-hydrogen) atoms. The zero-order valence-electron chi connectivity index (χ0n) is 21.2. The van der Waals surface area contributed by atoms with Gasteiger partial charge in [-0.15, -0.1) is 0 Å². The number of anilines is 1. The molecule has 9 nitrogen and oxygen atoms in total. The number of rotatable bonds is 4. The van der Waals surface area contributed by atoms with Gasteiger partial charge in [0.2, 0.25) is 11.8 Å². The predicted molar refractivity (Wildman–Crippen MR) is 138 cm³/mol. The molecule has 2 aliphatic carbocycles. The van der Waals surface area contributed by atoms with E-state index in [2.05, 4.69) is 33.2 Å². The first-order chi connectivity index (χ1) is 18.0. The number of hydrogen-bond acceptors (Lipinski definition) is 6. The molecule has 0 atom stereocenters. The largest absolute Gasteiger partial charge is 0.489 e. The van der Waals surface area contributed by atoms with Crippen molar-refractivity contribution < 1.29 is 14.3 Å². The van der Waals surface area contributed by atoms with E-state index in [4.69, 9.17) is 4.74 Å². The third-order valence-electron chi connectivity index (χ3n) is 9.19. The maximum absolute atomic E-state index is 14.0. The number of amides is 2. The van der Waals surface area contributed by atoms with Gasteiger partial charge < -0.3 is 14.5 Å². The zero-order valence-corrected chi connectivity index (χ0v) is 21.2. The minimum atomic E-state index is -0.580. The summed E-state index contributed by atoms with van der Waals surface area (Å²) < 4.78 is 6.27. The number of aromatic nitrogens is 3. The van der Waals surface area contributed by atoms with Crippen LogP contribution < -0.4 is 9.64 Å². The lowest BCUT2D eigenvalue weighted by Crippen LogP contribution is -2.57. The molecule has 2 aliphatic heterocycles. The van der Waals surface area contributed by atoms with Crippen LogP contribution >= 0.6 is 0 Å². The lowest BCUT2D eigenvalue weighted by Gasteiger charge is -2.40. The summed E-state index contributed by atoms with van der Waals surface area (Å²) in [5.74, 6) is 0.844. The molecule has 2 aromatic heterocycles. The fourth-order valence-electron chi connectivity index (χ4n) is 6.71. The summed E-state index contributed by atoms with van der Waals surface area (Å²) in [6.45, 7) is 2.51. The van der Waals surface area contributed by atoms with E-state index in [0.717, 1.165) is 73.4 Å². The van der Waals surface area contributed by atoms with Gasteiger partial charge in [-0.2, -0.15) is 5.10 Å². The zero-order chi connectivity index (χ0) is 25.2. The van der Waals surface area contributed by atoms with Gasteiger partial charge in [0.25, 0.3) is 0 Å². The van der Waals surface area contributed by atoms with E-state index in [1.165, 1.54) is 0 Å². The quantitative estimate of drug-likeness (QED) is 0.592. The lowest BCUT2D eigenvalue weighted by atomic mass is 9.69. The van der Waals surface area contributed by atoms with Crippen LogP contribution in [0.4, 0.5) is 5.69 Å². The number of benzene rings is 1. The second-order valence-corrected chi connectivity index (χ2v) is 11.2. The highest BCUT2D eigenvalue weighted by Gasteiger charge is 2.54. The molecule has 0 unspecified atom stereocenters. The van der Waals surface area contributed by atoms with Crippen molar-refractivity contribution in [2.24, 2.45) is 0 Å². The van der Waals surface area contributed by atoms with E-state index >= 15 is 0 Å². The Hall–Kier alpha value is -3.46. The third-order valence-corrected chi connectivity index (χ3v) is 9.19. The molecule has 1 aromatic carbocycles. The minimum absolute atomic E-state index is 0.0208. The van der Waals surface area contributed by atoms with Gasteiger partial charge in [-0.05, 0) is 63.3 Å². The topological polar surface area (TPSA) is 94.7 Å². The van der Waals surface area contributed by atoms with Gasteiger partial charge in [-0.1, -0.05) is 18.2 Å². The van der Waals surface area contributed by atoms with Gasteiger partial charge in [-0.3, -0.25) is 19.6 Å². The Bertz CT molecular complexity index is 1370. The number of hydrogen-bond donors (Lipinski definition) is 1. The number of carbonyl (C=O) groups excluding carboxylic acids is 2. The monoisotopic (exact) mass is 500 g/mol. The number of fused-ring (bicyclic) bond motifs is 3. The first kappa shape index (κ1) is 22.7. The minimum Gasteiger partial charge on any atom is -0.489 e. The number of nitrogens with one attached hydrogen (secondary N) is 1. The first-order valence-corrected chi connectivity index (χ1v) is 13.3. The summed E-state index contributed by atoms with van der Waals surface area (Å²) in [6, 6.07) is 9.99. The third kappa shape index (κ3) is 3.62. The van der Waals surface area contributed by atoms with Gasteiger partial charge in [-0.25, -0.2) is 4.98 Å². The van der Waals surface area contributed by atoms with Crippen molar-refractivity contribution in [2.75, 3.05) is 38.1 Å². The van der Waals surface area contributed by atoms with E-state index in [1.807, 2.05) is 29.2 Å². The van der Waals surface area contributed by atoms with Crippen LogP contribution in [-0.2, 0) is 15.0 Å². The molecule has 9 heteroatoms. The highest BCUT2D eigenvalue weighted by atomic mass is 16.5. The average molecular weight is 501 g/mol. The lowest BCUT2D eigenvalue weighted by molar-refractivity contribution is -0.135. The molecule has 3 fully saturated rings. The molecule has 0 bridgehead atoms. The standard InChI is InChI=1S/C28H32N6O3/c1-32-12-13-33(18-27(32)10-11-27)24(35)17-34-23-5-3-2-4-22(23)28(26(34)36)8-6-20(7-9-28)37-21-14-19-15-30-31-25(19)29-16-21/h2-5,14-16,20H,6-13,17-18H2,1H3,(H,29,30,31). The van der Waals surface area contributed by atoms with Crippen molar-refractivity contribution >= 4 is 28.5 Å². The molecule has 2 saturated carbocycles. The van der Waals surface area contributed by atoms with E-state index in [9.17, 15) is 9.59 Å². The summed E-state index contributed by atoms with van der Waals surface area (Å²) in [4.78, 5) is 37.9. The number of pyridine rings is 1. The highest BCUT2D eigenvalue weighted by Crippen LogP contribution is 2.50. The Labute approximate surface area is 215 Å². The molecule has 4 aliphatic rings. The fraction of sp³-hybridized carbons (Fsp3) is 0.500. The number of aromatic amines is 1. The summed E-state index contributed by atoms with van der Waals surface area (Å²) in [5.41, 5.74) is 2.28. The molecular weight excluding hydrogens is 468 g/mol. The van der Waals surface area contributed by atoms with Crippen molar-refractivity contribution in [1.29, 1.82) is 0 Å². The van der Waals surface area contributed by atoms with Crippen LogP contribution in [0.2, 0.25) is 0 Å². The van der Waals surface area contributed by atoms with Crippen molar-refractivity contribution in [3.63, 3.8) is 0 Å². The van der Waals surface area contributed by atoms with Crippen LogP contribution in [0.5, 0.6) is 5.75 Å². The van der Waals surface area contributed by atoms with Crippen molar-refractivity contribution in [2.45, 2.75) is 55.6 Å². The Balaban J connectivity index is 1.07. The van der Waals surface area contributed by atoms with E-state index in [1.54, 1.807) is 17.3 Å². The van der Waals surface area contributed by atoms with Gasteiger partial charge in [0.1, 0.15) is 12.3 Å². The van der Waals surface area contributed by atoms with E-state index in [-0.39, 0.29) is 30.0 Å². The summed E-state index contributed by atoms with van der Waals surface area (Å²) in [6.07, 6.45) is 8.73. The van der Waals surface area contributed by atoms with Crippen LogP contribution in [0.3, 0.4) is 0 Å². The van der Waals surface area contributed by atoms with Gasteiger partial charge in [0, 0.05) is 36.2 Å². The maximum atomic E-state index is 14.0. The van der Waals surface area contributed by atoms with Crippen LogP contribution in [-0.4, -0.2) is 81.7 Å². The first-order valence-electron chi connectivity index (χ1n) is 13.3. The van der Waals surface area contributed by atoms with Gasteiger partial charge in [0.05, 0.1) is 23.9 Å². The van der Waals surface area contributed by atoms with Crippen molar-refractivity contribution in [3.8, 4) is 5.75 Å². The van der Waals surface area contributed by atoms with Crippen molar-refractivity contribution in [3.05, 3.63) is 48.3 Å². The predicted octanol–water partition coefficient (Wildman–Crippen LogP) is 2.87. The van der Waals surface area contributed by atoms with Crippen molar-refractivity contribution in [1.82, 2.24) is 25.0 Å².